The van der Waals surface area contributed by atoms with Gasteiger partial charge in [-0.05, 0) is 98.2 Å². The summed E-state index contributed by atoms with van der Waals surface area (Å²) in [5, 5.41) is 4.66. The van der Waals surface area contributed by atoms with Gasteiger partial charge in [0, 0.05) is 33.4 Å². The molecule has 254 valence electrons. The molecular formula is C52H35NO. The molecule has 0 saturated heterocycles. The predicted molar refractivity (Wildman–Crippen MR) is 228 cm³/mol. The Morgan fingerprint density at radius 1 is 0.296 bits per heavy atom. The van der Waals surface area contributed by atoms with Gasteiger partial charge in [-0.15, -0.1) is 0 Å². The fourth-order valence-electron chi connectivity index (χ4n) is 7.82. The lowest BCUT2D eigenvalue weighted by atomic mass is 9.93. The molecule has 2 nitrogen and oxygen atoms in total. The first-order valence-electron chi connectivity index (χ1n) is 18.4. The molecule has 0 unspecified atom stereocenters. The Bertz CT molecular complexity index is 2890. The van der Waals surface area contributed by atoms with Crippen LogP contribution in [-0.4, -0.2) is 0 Å². The van der Waals surface area contributed by atoms with Crippen molar-refractivity contribution in [2.24, 2.45) is 0 Å². The first kappa shape index (κ1) is 31.6. The van der Waals surface area contributed by atoms with Gasteiger partial charge in [-0.2, -0.15) is 0 Å². The van der Waals surface area contributed by atoms with Gasteiger partial charge in [-0.25, -0.2) is 0 Å². The Morgan fingerprint density at radius 2 is 0.778 bits per heavy atom. The quantitative estimate of drug-likeness (QED) is 0.166. The van der Waals surface area contributed by atoms with Crippen molar-refractivity contribution >= 4 is 49.8 Å². The SMILES string of the molecule is c1ccc(-c2ccc(-c3ccc(N(c4ccc(-c5c6ccccc6cc6oc7ccccc7c56)cc4)c4cccc(-c5ccccc5)c4)cc3)cc2)cc1. The van der Waals surface area contributed by atoms with E-state index in [9.17, 15) is 0 Å². The van der Waals surface area contributed by atoms with E-state index in [-0.39, 0.29) is 0 Å². The first-order valence-corrected chi connectivity index (χ1v) is 18.4. The average molecular weight is 690 g/mol. The molecule has 0 bridgehead atoms. The van der Waals surface area contributed by atoms with Gasteiger partial charge in [0.15, 0.2) is 0 Å². The van der Waals surface area contributed by atoms with Crippen LogP contribution in [0.5, 0.6) is 0 Å². The molecule has 0 aliphatic rings. The largest absolute Gasteiger partial charge is 0.456 e. The Kier molecular flexibility index (Phi) is 7.85. The zero-order valence-corrected chi connectivity index (χ0v) is 29.6. The van der Waals surface area contributed by atoms with E-state index in [1.165, 1.54) is 44.3 Å². The Balaban J connectivity index is 1.07. The van der Waals surface area contributed by atoms with Crippen molar-refractivity contribution in [2.45, 2.75) is 0 Å². The molecule has 10 aromatic rings. The maximum absolute atomic E-state index is 6.41. The zero-order chi connectivity index (χ0) is 35.8. The number of anilines is 3. The number of para-hydroxylation sites is 1. The molecule has 0 atom stereocenters. The maximum atomic E-state index is 6.41. The van der Waals surface area contributed by atoms with Crippen LogP contribution in [0.1, 0.15) is 0 Å². The predicted octanol–water partition coefficient (Wildman–Crippen LogP) is 14.9. The standard InChI is InChI=1S/C52H35NO/c1-3-12-36(13-4-1)38-22-24-39(25-23-38)40-26-30-44(31-27-40)53(46-18-11-17-42(34-46)37-14-5-2-6-15-37)45-32-28-41(29-33-45)51-47-19-8-7-16-43(47)35-50-52(51)48-20-9-10-21-49(48)54-50/h1-35H. The number of hydrogen-bond acceptors (Lipinski definition) is 2. The van der Waals surface area contributed by atoms with E-state index >= 15 is 0 Å². The van der Waals surface area contributed by atoms with Crippen LogP contribution in [0.25, 0.3) is 77.2 Å². The third-order valence-corrected chi connectivity index (χ3v) is 10.5. The first-order chi connectivity index (χ1) is 26.8. The maximum Gasteiger partial charge on any atom is 0.136 e. The summed E-state index contributed by atoms with van der Waals surface area (Å²) in [4.78, 5) is 2.35. The molecule has 0 fully saturated rings. The molecule has 1 heterocycles. The second-order valence-electron chi connectivity index (χ2n) is 13.7. The summed E-state index contributed by atoms with van der Waals surface area (Å²) in [5.74, 6) is 0. The van der Waals surface area contributed by atoms with Crippen LogP contribution < -0.4 is 4.90 Å². The van der Waals surface area contributed by atoms with Crippen molar-refractivity contribution in [3.05, 3.63) is 212 Å². The van der Waals surface area contributed by atoms with E-state index in [4.69, 9.17) is 4.42 Å². The van der Waals surface area contributed by atoms with E-state index in [0.717, 1.165) is 50.0 Å². The lowest BCUT2D eigenvalue weighted by Gasteiger charge is -2.26. The molecule has 0 aliphatic carbocycles. The third-order valence-electron chi connectivity index (χ3n) is 10.5. The van der Waals surface area contributed by atoms with Crippen LogP contribution in [0.4, 0.5) is 17.1 Å². The Hall–Kier alpha value is -7.16. The summed E-state index contributed by atoms with van der Waals surface area (Å²) in [6, 6.07) is 75.8. The van der Waals surface area contributed by atoms with Gasteiger partial charge >= 0.3 is 0 Å². The van der Waals surface area contributed by atoms with Gasteiger partial charge in [-0.1, -0.05) is 164 Å². The number of hydrogen-bond donors (Lipinski definition) is 0. The summed E-state index contributed by atoms with van der Waals surface area (Å²) in [6.07, 6.45) is 0. The van der Waals surface area contributed by atoms with Crippen LogP contribution in [0, 0.1) is 0 Å². The van der Waals surface area contributed by atoms with E-state index in [0.29, 0.717) is 0 Å². The molecule has 0 radical (unpaired) electrons. The van der Waals surface area contributed by atoms with Crippen LogP contribution in [0.15, 0.2) is 217 Å². The van der Waals surface area contributed by atoms with Crippen molar-refractivity contribution in [2.75, 3.05) is 4.90 Å². The molecule has 0 aliphatic heterocycles. The van der Waals surface area contributed by atoms with Crippen molar-refractivity contribution < 1.29 is 4.42 Å². The summed E-state index contributed by atoms with van der Waals surface area (Å²) in [6.45, 7) is 0. The minimum Gasteiger partial charge on any atom is -0.456 e. The van der Waals surface area contributed by atoms with Gasteiger partial charge in [0.2, 0.25) is 0 Å². The molecular weight excluding hydrogens is 655 g/mol. The average Bonchev–Trinajstić information content (AvgIpc) is 3.62. The number of nitrogens with zero attached hydrogens (tertiary/aromatic N) is 1. The molecule has 0 N–H and O–H groups in total. The highest BCUT2D eigenvalue weighted by molar-refractivity contribution is 6.20. The van der Waals surface area contributed by atoms with Gasteiger partial charge in [0.05, 0.1) is 0 Å². The minimum atomic E-state index is 0.903. The van der Waals surface area contributed by atoms with Crippen molar-refractivity contribution in [1.82, 2.24) is 0 Å². The molecule has 1 aromatic heterocycles. The highest BCUT2D eigenvalue weighted by atomic mass is 16.3. The number of rotatable bonds is 7. The summed E-state index contributed by atoms with van der Waals surface area (Å²) in [5.41, 5.74) is 14.6. The summed E-state index contributed by atoms with van der Waals surface area (Å²) >= 11 is 0. The van der Waals surface area contributed by atoms with E-state index in [1.807, 2.05) is 6.07 Å². The second kappa shape index (κ2) is 13.4. The monoisotopic (exact) mass is 689 g/mol. The summed E-state index contributed by atoms with van der Waals surface area (Å²) < 4.78 is 6.41. The highest BCUT2D eigenvalue weighted by Crippen LogP contribution is 2.43. The van der Waals surface area contributed by atoms with Crippen molar-refractivity contribution in [1.29, 1.82) is 0 Å². The lowest BCUT2D eigenvalue weighted by Crippen LogP contribution is -2.10. The second-order valence-corrected chi connectivity index (χ2v) is 13.7. The molecule has 0 saturated carbocycles. The molecule has 0 amide bonds. The fourth-order valence-corrected chi connectivity index (χ4v) is 7.82. The molecule has 2 heteroatoms. The van der Waals surface area contributed by atoms with Crippen LogP contribution in [0.3, 0.4) is 0 Å². The molecule has 10 rings (SSSR count). The topological polar surface area (TPSA) is 16.4 Å². The Morgan fingerprint density at radius 3 is 1.43 bits per heavy atom. The van der Waals surface area contributed by atoms with Gasteiger partial charge in [-0.3, -0.25) is 0 Å². The van der Waals surface area contributed by atoms with E-state index < -0.39 is 0 Å². The zero-order valence-electron chi connectivity index (χ0n) is 29.6. The molecule has 9 aromatic carbocycles. The van der Waals surface area contributed by atoms with E-state index in [2.05, 4.69) is 211 Å². The van der Waals surface area contributed by atoms with Gasteiger partial charge in [0.25, 0.3) is 0 Å². The van der Waals surface area contributed by atoms with E-state index in [1.54, 1.807) is 0 Å². The number of fused-ring (bicyclic) bond motifs is 4. The third kappa shape index (κ3) is 5.71. The smallest absolute Gasteiger partial charge is 0.136 e. The fraction of sp³-hybridized carbons (Fsp3) is 0. The molecule has 54 heavy (non-hydrogen) atoms. The lowest BCUT2D eigenvalue weighted by molar-refractivity contribution is 0.669. The highest BCUT2D eigenvalue weighted by Gasteiger charge is 2.18. The van der Waals surface area contributed by atoms with Crippen LogP contribution >= 0.6 is 0 Å². The van der Waals surface area contributed by atoms with Crippen molar-refractivity contribution in [3.63, 3.8) is 0 Å². The summed E-state index contributed by atoms with van der Waals surface area (Å²) in [7, 11) is 0. The number of benzene rings is 9. The molecule has 0 spiro atoms. The van der Waals surface area contributed by atoms with Gasteiger partial charge in [0.1, 0.15) is 11.2 Å². The van der Waals surface area contributed by atoms with Crippen molar-refractivity contribution in [3.8, 4) is 44.5 Å². The minimum absolute atomic E-state index is 0.903. The van der Waals surface area contributed by atoms with Gasteiger partial charge < -0.3 is 9.32 Å². The number of furan rings is 1. The van der Waals surface area contributed by atoms with Crippen LogP contribution in [0.2, 0.25) is 0 Å². The van der Waals surface area contributed by atoms with Crippen LogP contribution in [-0.2, 0) is 0 Å². The Labute approximate surface area is 314 Å². The normalized spacial score (nSPS) is 11.3.